The third-order valence-electron chi connectivity index (χ3n) is 3.78. The maximum atomic E-state index is 12.7. The standard InChI is InChI=1S/C21H26BrN5O/c1-4-7-15(6-3)19(8-5-2)27-21(28)16(14-24)11-18-12-17(25-10-9-23)13-20(22)26-18/h4,6-7,11-13,19H,1,3,5,8-10,23H2,2H3,(H,25,26)(H,27,28)/b15-7+,16-11+. The van der Waals surface area contributed by atoms with E-state index in [0.717, 1.165) is 24.1 Å². The lowest BCUT2D eigenvalue weighted by Gasteiger charge is -2.19. The van der Waals surface area contributed by atoms with E-state index in [0.29, 0.717) is 23.4 Å². The van der Waals surface area contributed by atoms with Crippen molar-refractivity contribution in [3.05, 3.63) is 65.0 Å². The summed E-state index contributed by atoms with van der Waals surface area (Å²) in [5, 5.41) is 15.5. The van der Waals surface area contributed by atoms with Crippen LogP contribution in [0, 0.1) is 11.3 Å². The number of rotatable bonds is 11. The number of hydrogen-bond acceptors (Lipinski definition) is 5. The van der Waals surface area contributed by atoms with Crippen molar-refractivity contribution in [1.29, 1.82) is 5.26 Å². The van der Waals surface area contributed by atoms with Crippen molar-refractivity contribution in [3.8, 4) is 6.07 Å². The molecule has 0 aliphatic rings. The van der Waals surface area contributed by atoms with Crippen molar-refractivity contribution in [2.24, 2.45) is 5.73 Å². The second-order valence-electron chi connectivity index (χ2n) is 5.91. The van der Waals surface area contributed by atoms with Crippen molar-refractivity contribution < 1.29 is 4.79 Å². The minimum absolute atomic E-state index is 0.0292. The number of halogens is 1. The largest absolute Gasteiger partial charge is 0.384 e. The molecule has 0 aliphatic heterocycles. The van der Waals surface area contributed by atoms with Crippen LogP contribution >= 0.6 is 15.9 Å². The van der Waals surface area contributed by atoms with E-state index in [4.69, 9.17) is 5.73 Å². The monoisotopic (exact) mass is 443 g/mol. The normalized spacial score (nSPS) is 12.6. The topological polar surface area (TPSA) is 104 Å². The molecule has 0 saturated heterocycles. The summed E-state index contributed by atoms with van der Waals surface area (Å²) >= 11 is 3.34. The first-order valence-corrected chi connectivity index (χ1v) is 9.77. The van der Waals surface area contributed by atoms with Gasteiger partial charge in [0, 0.05) is 18.8 Å². The van der Waals surface area contributed by atoms with E-state index in [1.54, 1.807) is 30.4 Å². The maximum absolute atomic E-state index is 12.7. The Bertz CT molecular complexity index is 808. The summed E-state index contributed by atoms with van der Waals surface area (Å²) in [5.74, 6) is -0.462. The fourth-order valence-electron chi connectivity index (χ4n) is 2.52. The van der Waals surface area contributed by atoms with E-state index in [1.807, 2.05) is 13.0 Å². The molecule has 0 spiro atoms. The van der Waals surface area contributed by atoms with Crippen LogP contribution in [0.25, 0.3) is 6.08 Å². The zero-order chi connectivity index (χ0) is 20.9. The zero-order valence-corrected chi connectivity index (χ0v) is 17.6. The Morgan fingerprint density at radius 1 is 1.46 bits per heavy atom. The van der Waals surface area contributed by atoms with Crippen molar-refractivity contribution >= 4 is 33.6 Å². The Morgan fingerprint density at radius 2 is 2.21 bits per heavy atom. The van der Waals surface area contributed by atoms with Crippen molar-refractivity contribution in [2.45, 2.75) is 25.8 Å². The number of amides is 1. The zero-order valence-electron chi connectivity index (χ0n) is 16.0. The SMILES string of the molecule is C=C/C=C(\C=C)C(CCC)NC(=O)/C(C#N)=C/c1cc(NCCN)cc(Br)n1. The highest BCUT2D eigenvalue weighted by atomic mass is 79.9. The number of nitrogens with one attached hydrogen (secondary N) is 2. The molecule has 4 N–H and O–H groups in total. The number of carbonyl (C=O) groups is 1. The van der Waals surface area contributed by atoms with Gasteiger partial charge in [0.25, 0.3) is 5.91 Å². The summed E-state index contributed by atoms with van der Waals surface area (Å²) in [7, 11) is 0. The second kappa shape index (κ2) is 12.7. The summed E-state index contributed by atoms with van der Waals surface area (Å²) in [6.07, 6.45) is 8.17. The molecule has 1 rings (SSSR count). The highest BCUT2D eigenvalue weighted by molar-refractivity contribution is 9.10. The molecular weight excluding hydrogens is 418 g/mol. The Labute approximate surface area is 175 Å². The van der Waals surface area contributed by atoms with Gasteiger partial charge < -0.3 is 16.4 Å². The predicted octanol–water partition coefficient (Wildman–Crippen LogP) is 3.70. The highest BCUT2D eigenvalue weighted by Crippen LogP contribution is 2.18. The minimum Gasteiger partial charge on any atom is -0.384 e. The van der Waals surface area contributed by atoms with Crippen LogP contribution in [0.4, 0.5) is 5.69 Å². The fraction of sp³-hybridized carbons (Fsp3) is 0.286. The molecule has 148 valence electrons. The number of anilines is 1. The van der Waals surface area contributed by atoms with Crippen molar-refractivity contribution in [2.75, 3.05) is 18.4 Å². The molecule has 0 bridgehead atoms. The average molecular weight is 444 g/mol. The number of hydrogen-bond donors (Lipinski definition) is 3. The van der Waals surface area contributed by atoms with Gasteiger partial charge in [-0.3, -0.25) is 4.79 Å². The van der Waals surface area contributed by atoms with Gasteiger partial charge in [-0.1, -0.05) is 44.7 Å². The molecule has 0 saturated carbocycles. The van der Waals surface area contributed by atoms with Crippen molar-refractivity contribution in [3.63, 3.8) is 0 Å². The van der Waals surface area contributed by atoms with Crippen LogP contribution in [-0.2, 0) is 4.79 Å². The summed E-state index contributed by atoms with van der Waals surface area (Å²) in [6.45, 7) is 10.6. The highest BCUT2D eigenvalue weighted by Gasteiger charge is 2.17. The van der Waals surface area contributed by atoms with E-state index >= 15 is 0 Å². The van der Waals surface area contributed by atoms with Crippen LogP contribution in [0.3, 0.4) is 0 Å². The molecule has 0 fully saturated rings. The smallest absolute Gasteiger partial charge is 0.262 e. The van der Waals surface area contributed by atoms with Crippen LogP contribution in [0.2, 0.25) is 0 Å². The van der Waals surface area contributed by atoms with Gasteiger partial charge in [0.15, 0.2) is 0 Å². The summed E-state index contributed by atoms with van der Waals surface area (Å²) in [6, 6.07) is 5.26. The number of nitrogens with zero attached hydrogens (tertiary/aromatic N) is 2. The Balaban J connectivity index is 3.11. The van der Waals surface area contributed by atoms with Crippen LogP contribution in [0.15, 0.2) is 59.3 Å². The molecule has 0 aliphatic carbocycles. The molecule has 6 nitrogen and oxygen atoms in total. The Morgan fingerprint density at radius 3 is 2.79 bits per heavy atom. The molecule has 1 amide bonds. The third-order valence-corrected chi connectivity index (χ3v) is 4.18. The van der Waals surface area contributed by atoms with E-state index in [1.165, 1.54) is 6.08 Å². The van der Waals surface area contributed by atoms with Gasteiger partial charge in [0.2, 0.25) is 0 Å². The molecule has 0 radical (unpaired) electrons. The first-order valence-electron chi connectivity index (χ1n) is 8.98. The molecule has 0 aromatic carbocycles. The summed E-state index contributed by atoms with van der Waals surface area (Å²) in [5.41, 5.74) is 7.60. The number of pyridine rings is 1. The first-order chi connectivity index (χ1) is 13.5. The molecular formula is C21H26BrN5O. The van der Waals surface area contributed by atoms with E-state index < -0.39 is 5.91 Å². The lowest BCUT2D eigenvalue weighted by molar-refractivity contribution is -0.117. The first kappa shape index (κ1) is 23.3. The van der Waals surface area contributed by atoms with Gasteiger partial charge in [-0.15, -0.1) is 0 Å². The third kappa shape index (κ3) is 7.51. The number of nitrogens with two attached hydrogens (primary N) is 1. The Hall–Kier alpha value is -2.69. The maximum Gasteiger partial charge on any atom is 0.262 e. The molecule has 1 atom stereocenters. The summed E-state index contributed by atoms with van der Waals surface area (Å²) < 4.78 is 0.588. The Kier molecular flexibility index (Phi) is 10.6. The van der Waals surface area contributed by atoms with Gasteiger partial charge in [-0.25, -0.2) is 4.98 Å². The molecule has 1 unspecified atom stereocenters. The van der Waals surface area contributed by atoms with Crippen LogP contribution in [0.1, 0.15) is 25.5 Å². The van der Waals surface area contributed by atoms with Crippen LogP contribution in [-0.4, -0.2) is 30.0 Å². The van der Waals surface area contributed by atoms with Gasteiger partial charge >= 0.3 is 0 Å². The van der Waals surface area contributed by atoms with Gasteiger partial charge in [0.1, 0.15) is 16.2 Å². The average Bonchev–Trinajstić information content (AvgIpc) is 2.67. The lowest BCUT2D eigenvalue weighted by atomic mass is 10.0. The molecule has 1 heterocycles. The van der Waals surface area contributed by atoms with Gasteiger partial charge in [0.05, 0.1) is 11.7 Å². The quantitative estimate of drug-likeness (QED) is 0.209. The summed E-state index contributed by atoms with van der Waals surface area (Å²) in [4.78, 5) is 17.0. The number of aromatic nitrogens is 1. The van der Waals surface area contributed by atoms with E-state index in [2.05, 4.69) is 44.7 Å². The molecule has 1 aromatic heterocycles. The number of carbonyl (C=O) groups excluding carboxylic acids is 1. The van der Waals surface area contributed by atoms with Gasteiger partial charge in [-0.05, 0) is 46.1 Å². The van der Waals surface area contributed by atoms with Crippen LogP contribution < -0.4 is 16.4 Å². The second-order valence-corrected chi connectivity index (χ2v) is 6.72. The van der Waals surface area contributed by atoms with E-state index in [9.17, 15) is 10.1 Å². The molecule has 1 aromatic rings. The van der Waals surface area contributed by atoms with Gasteiger partial charge in [-0.2, -0.15) is 5.26 Å². The van der Waals surface area contributed by atoms with E-state index in [-0.39, 0.29) is 11.6 Å². The molecule has 28 heavy (non-hydrogen) atoms. The minimum atomic E-state index is -0.462. The van der Waals surface area contributed by atoms with Crippen molar-refractivity contribution in [1.82, 2.24) is 10.3 Å². The molecule has 7 heteroatoms. The number of allylic oxidation sites excluding steroid dienone is 2. The lowest BCUT2D eigenvalue weighted by Crippen LogP contribution is -2.36. The number of nitriles is 1. The fourth-order valence-corrected chi connectivity index (χ4v) is 2.97. The predicted molar refractivity (Wildman–Crippen MR) is 118 cm³/mol. The van der Waals surface area contributed by atoms with Crippen LogP contribution in [0.5, 0.6) is 0 Å².